The highest BCUT2D eigenvalue weighted by Crippen LogP contribution is 2.14. The van der Waals surface area contributed by atoms with E-state index in [0.717, 1.165) is 19.0 Å². The van der Waals surface area contributed by atoms with Crippen LogP contribution in [0.15, 0.2) is 4.99 Å². The number of nitrogens with one attached hydrogen (secondary N) is 2. The number of hydrogen-bond acceptors (Lipinski definition) is 2. The largest absolute Gasteiger partial charge is 0.376 e. The minimum atomic E-state index is 0.327. The Morgan fingerprint density at radius 3 is 2.85 bits per heavy atom. The highest BCUT2D eigenvalue weighted by Gasteiger charge is 2.22. The summed E-state index contributed by atoms with van der Waals surface area (Å²) in [7, 11) is 3.62. The predicted molar refractivity (Wildman–Crippen MR) is 54.0 cm³/mol. The Labute approximate surface area is 79.8 Å². The summed E-state index contributed by atoms with van der Waals surface area (Å²) in [5.74, 6) is 0.822. The number of guanidine groups is 1. The molecular weight excluding hydrogens is 166 g/mol. The van der Waals surface area contributed by atoms with Crippen LogP contribution in [0.4, 0.5) is 0 Å². The molecule has 0 saturated carbocycles. The summed E-state index contributed by atoms with van der Waals surface area (Å²) in [6.45, 7) is 3.02. The van der Waals surface area contributed by atoms with E-state index in [9.17, 15) is 0 Å². The standard InChI is InChI=1S/C9H19N3O/c1-7(8-5-4-6-13-8)12-9(10-2)11-3/h7-8H,4-6H2,1-3H3,(H2,10,11,12). The van der Waals surface area contributed by atoms with Crippen molar-refractivity contribution in [3.63, 3.8) is 0 Å². The highest BCUT2D eigenvalue weighted by molar-refractivity contribution is 5.79. The van der Waals surface area contributed by atoms with E-state index in [2.05, 4.69) is 22.5 Å². The van der Waals surface area contributed by atoms with Crippen LogP contribution in [0.3, 0.4) is 0 Å². The fourth-order valence-electron chi connectivity index (χ4n) is 1.55. The summed E-state index contributed by atoms with van der Waals surface area (Å²) in [6.07, 6.45) is 2.66. The lowest BCUT2D eigenvalue weighted by molar-refractivity contribution is 0.0891. The van der Waals surface area contributed by atoms with Crippen LogP contribution >= 0.6 is 0 Å². The van der Waals surface area contributed by atoms with Crippen LogP contribution < -0.4 is 10.6 Å². The summed E-state index contributed by atoms with van der Waals surface area (Å²) >= 11 is 0. The van der Waals surface area contributed by atoms with Crippen molar-refractivity contribution in [3.8, 4) is 0 Å². The minimum Gasteiger partial charge on any atom is -0.376 e. The SMILES string of the molecule is CN=C(NC)NC(C)C1CCCO1. The molecule has 0 aromatic carbocycles. The normalized spacial score (nSPS) is 25.8. The predicted octanol–water partition coefficient (Wildman–Crippen LogP) is 0.349. The third-order valence-corrected chi connectivity index (χ3v) is 2.35. The van der Waals surface area contributed by atoms with E-state index >= 15 is 0 Å². The van der Waals surface area contributed by atoms with Crippen molar-refractivity contribution in [1.29, 1.82) is 0 Å². The van der Waals surface area contributed by atoms with Gasteiger partial charge in [0.2, 0.25) is 0 Å². The topological polar surface area (TPSA) is 45.7 Å². The molecule has 2 N–H and O–H groups in total. The lowest BCUT2D eigenvalue weighted by Crippen LogP contribution is -2.45. The van der Waals surface area contributed by atoms with Gasteiger partial charge in [-0.25, -0.2) is 0 Å². The van der Waals surface area contributed by atoms with Gasteiger partial charge in [0.25, 0.3) is 0 Å². The van der Waals surface area contributed by atoms with Gasteiger partial charge in [0.1, 0.15) is 0 Å². The molecule has 4 nitrogen and oxygen atoms in total. The van der Waals surface area contributed by atoms with Gasteiger partial charge in [0.05, 0.1) is 12.1 Å². The van der Waals surface area contributed by atoms with E-state index in [-0.39, 0.29) is 0 Å². The molecule has 1 fully saturated rings. The first-order valence-electron chi connectivity index (χ1n) is 4.80. The number of aliphatic imine (C=N–C) groups is 1. The maximum Gasteiger partial charge on any atom is 0.191 e. The maximum atomic E-state index is 5.56. The van der Waals surface area contributed by atoms with Gasteiger partial charge in [-0.05, 0) is 19.8 Å². The van der Waals surface area contributed by atoms with Gasteiger partial charge in [-0.3, -0.25) is 4.99 Å². The Hall–Kier alpha value is -0.770. The maximum absolute atomic E-state index is 5.56. The molecule has 1 saturated heterocycles. The number of ether oxygens (including phenoxy) is 1. The van der Waals surface area contributed by atoms with Crippen LogP contribution in [0.25, 0.3) is 0 Å². The molecule has 13 heavy (non-hydrogen) atoms. The summed E-state index contributed by atoms with van der Waals surface area (Å²) in [4.78, 5) is 4.06. The van der Waals surface area contributed by atoms with Crippen LogP contribution in [0.1, 0.15) is 19.8 Å². The third kappa shape index (κ3) is 2.88. The molecule has 0 amide bonds. The lowest BCUT2D eigenvalue weighted by Gasteiger charge is -2.21. The van der Waals surface area contributed by atoms with E-state index in [4.69, 9.17) is 4.74 Å². The molecule has 76 valence electrons. The molecule has 1 aliphatic heterocycles. The zero-order chi connectivity index (χ0) is 9.68. The fraction of sp³-hybridized carbons (Fsp3) is 0.889. The summed E-state index contributed by atoms with van der Waals surface area (Å²) in [5, 5.41) is 6.26. The van der Waals surface area contributed by atoms with Gasteiger partial charge in [-0.15, -0.1) is 0 Å². The molecule has 0 aliphatic carbocycles. The fourth-order valence-corrected chi connectivity index (χ4v) is 1.55. The molecule has 1 rings (SSSR count). The van der Waals surface area contributed by atoms with Crippen molar-refractivity contribution >= 4 is 5.96 Å². The second-order valence-corrected chi connectivity index (χ2v) is 3.31. The average Bonchev–Trinajstić information content (AvgIpc) is 2.66. The van der Waals surface area contributed by atoms with Crippen LogP contribution in [-0.2, 0) is 4.74 Å². The van der Waals surface area contributed by atoms with Crippen molar-refractivity contribution in [1.82, 2.24) is 10.6 Å². The molecule has 2 unspecified atom stereocenters. The lowest BCUT2D eigenvalue weighted by atomic mass is 10.1. The van der Waals surface area contributed by atoms with Crippen LogP contribution in [-0.4, -0.2) is 38.8 Å². The second kappa shape index (κ2) is 5.07. The first-order chi connectivity index (χ1) is 6.27. The van der Waals surface area contributed by atoms with Gasteiger partial charge >= 0.3 is 0 Å². The number of nitrogens with zero attached hydrogens (tertiary/aromatic N) is 1. The monoisotopic (exact) mass is 185 g/mol. The zero-order valence-corrected chi connectivity index (χ0v) is 8.63. The Morgan fingerprint density at radius 2 is 2.38 bits per heavy atom. The first kappa shape index (κ1) is 10.3. The highest BCUT2D eigenvalue weighted by atomic mass is 16.5. The van der Waals surface area contributed by atoms with Crippen LogP contribution in [0.5, 0.6) is 0 Å². The van der Waals surface area contributed by atoms with Crippen molar-refractivity contribution in [3.05, 3.63) is 0 Å². The van der Waals surface area contributed by atoms with Gasteiger partial charge in [0, 0.05) is 20.7 Å². The molecular formula is C9H19N3O. The minimum absolute atomic E-state index is 0.327. The summed E-state index contributed by atoms with van der Waals surface area (Å²) in [5.41, 5.74) is 0. The van der Waals surface area contributed by atoms with Gasteiger partial charge < -0.3 is 15.4 Å². The van der Waals surface area contributed by atoms with Crippen molar-refractivity contribution in [2.75, 3.05) is 20.7 Å². The Bertz CT molecular complexity index is 176. The summed E-state index contributed by atoms with van der Waals surface area (Å²) < 4.78 is 5.56. The van der Waals surface area contributed by atoms with E-state index in [1.54, 1.807) is 7.05 Å². The van der Waals surface area contributed by atoms with Crippen molar-refractivity contribution in [2.45, 2.75) is 31.9 Å². The quantitative estimate of drug-likeness (QED) is 0.482. The smallest absolute Gasteiger partial charge is 0.191 e. The van der Waals surface area contributed by atoms with E-state index < -0.39 is 0 Å². The molecule has 0 bridgehead atoms. The van der Waals surface area contributed by atoms with Gasteiger partial charge in [-0.1, -0.05) is 0 Å². The third-order valence-electron chi connectivity index (χ3n) is 2.35. The van der Waals surface area contributed by atoms with E-state index in [1.807, 2.05) is 7.05 Å². The molecule has 1 aliphatic rings. The Kier molecular flexibility index (Phi) is 4.02. The van der Waals surface area contributed by atoms with Crippen molar-refractivity contribution < 1.29 is 4.74 Å². The molecule has 0 radical (unpaired) electrons. The molecule has 0 spiro atoms. The summed E-state index contributed by atoms with van der Waals surface area (Å²) in [6, 6.07) is 0.327. The average molecular weight is 185 g/mol. The Balaban J connectivity index is 2.34. The number of rotatable bonds is 2. The van der Waals surface area contributed by atoms with Gasteiger partial charge in [-0.2, -0.15) is 0 Å². The number of hydrogen-bond donors (Lipinski definition) is 2. The second-order valence-electron chi connectivity index (χ2n) is 3.31. The van der Waals surface area contributed by atoms with Crippen LogP contribution in [0, 0.1) is 0 Å². The molecule has 4 heteroatoms. The van der Waals surface area contributed by atoms with E-state index in [1.165, 1.54) is 6.42 Å². The van der Waals surface area contributed by atoms with E-state index in [0.29, 0.717) is 12.1 Å². The van der Waals surface area contributed by atoms with Crippen molar-refractivity contribution in [2.24, 2.45) is 4.99 Å². The van der Waals surface area contributed by atoms with Gasteiger partial charge in [0.15, 0.2) is 5.96 Å². The molecule has 1 heterocycles. The Morgan fingerprint density at radius 1 is 1.62 bits per heavy atom. The van der Waals surface area contributed by atoms with Crippen LogP contribution in [0.2, 0.25) is 0 Å². The molecule has 0 aromatic heterocycles. The first-order valence-corrected chi connectivity index (χ1v) is 4.80. The zero-order valence-electron chi connectivity index (χ0n) is 8.63. The molecule has 0 aromatic rings. The molecule has 2 atom stereocenters.